The second-order valence-electron chi connectivity index (χ2n) is 8.97. The normalized spacial score (nSPS) is 10.9. The van der Waals surface area contributed by atoms with Gasteiger partial charge in [0.25, 0.3) is 0 Å². The standard InChI is InChI=1S/2C11H24.12CH4/c2*1-6-10(4)8-11(5)7-9(2)3;;;;;;;;;;;;/h2*9-11H,6-8H2,1-5H3;12*1H4. The lowest BCUT2D eigenvalue weighted by atomic mass is 9.89. The van der Waals surface area contributed by atoms with Crippen molar-refractivity contribution < 1.29 is 0 Å². The molecule has 0 fully saturated rings. The fourth-order valence-corrected chi connectivity index (χ4v) is 3.51. The quantitative estimate of drug-likeness (QED) is 0.277. The smallest absolute Gasteiger partial charge is 0.0438 e. The molecule has 4 atom stereocenters. The highest BCUT2D eigenvalue weighted by atomic mass is 14.1. The Morgan fingerprint density at radius 1 is 0.294 bits per heavy atom. The predicted octanol–water partition coefficient (Wildman–Crippen LogP) is 15.8. The minimum Gasteiger partial charge on any atom is -0.0776 e. The largest absolute Gasteiger partial charge is 0.0776 e. The molecule has 0 amide bonds. The van der Waals surface area contributed by atoms with Crippen molar-refractivity contribution in [1.82, 2.24) is 0 Å². The van der Waals surface area contributed by atoms with Crippen LogP contribution in [0.3, 0.4) is 0 Å². The second kappa shape index (κ2) is 58.7. The van der Waals surface area contributed by atoms with E-state index in [9.17, 15) is 0 Å². The average Bonchev–Trinajstić information content (AvgIpc) is 2.36. The lowest BCUT2D eigenvalue weighted by Crippen LogP contribution is -2.05. The fraction of sp³-hybridized carbons (Fsp3) is 1.00. The van der Waals surface area contributed by atoms with Crippen molar-refractivity contribution in [2.45, 2.75) is 197 Å². The molecule has 0 heteroatoms. The third kappa shape index (κ3) is 76.9. The van der Waals surface area contributed by atoms with Crippen molar-refractivity contribution in [3.05, 3.63) is 0 Å². The third-order valence-corrected chi connectivity index (χ3v) is 4.75. The SMILES string of the molecule is C.C.C.C.C.C.C.C.C.C.C.C.CCC(C)CC(C)CC(C)C.CCC(C)CC(C)CC(C)C. The van der Waals surface area contributed by atoms with Crippen molar-refractivity contribution >= 4 is 0 Å². The number of rotatable bonds is 10. The zero-order valence-corrected chi connectivity index (χ0v) is 17.7. The maximum Gasteiger partial charge on any atom is -0.0438 e. The molecule has 0 aliphatic carbocycles. The molecule has 0 saturated carbocycles. The zero-order valence-electron chi connectivity index (χ0n) is 17.7. The van der Waals surface area contributed by atoms with Gasteiger partial charge in [0.05, 0.1) is 0 Å². The van der Waals surface area contributed by atoms with Crippen LogP contribution in [0, 0.1) is 35.5 Å². The molecule has 0 nitrogen and oxygen atoms in total. The Labute approximate surface area is 232 Å². The van der Waals surface area contributed by atoms with Crippen LogP contribution in [0.4, 0.5) is 0 Å². The Morgan fingerprint density at radius 2 is 0.471 bits per heavy atom. The van der Waals surface area contributed by atoms with Gasteiger partial charge in [-0.25, -0.2) is 0 Å². The van der Waals surface area contributed by atoms with Crippen LogP contribution in [0.5, 0.6) is 0 Å². The summed E-state index contributed by atoms with van der Waals surface area (Å²) < 4.78 is 0. The molecule has 4 unspecified atom stereocenters. The van der Waals surface area contributed by atoms with E-state index >= 15 is 0 Å². The molecule has 0 bridgehead atoms. The van der Waals surface area contributed by atoms with Crippen molar-refractivity contribution in [2.24, 2.45) is 35.5 Å². The van der Waals surface area contributed by atoms with Crippen LogP contribution < -0.4 is 0 Å². The summed E-state index contributed by atoms with van der Waals surface area (Å²) in [6.07, 6.45) is 8.28. The molecule has 0 aliphatic rings. The van der Waals surface area contributed by atoms with Crippen molar-refractivity contribution in [3.63, 3.8) is 0 Å². The third-order valence-electron chi connectivity index (χ3n) is 4.75. The van der Waals surface area contributed by atoms with Gasteiger partial charge in [-0.1, -0.05) is 171 Å². The minimum atomic E-state index is 0. The molecule has 232 valence electrons. The molecule has 0 spiro atoms. The summed E-state index contributed by atoms with van der Waals surface area (Å²) in [5.41, 5.74) is 0. The van der Waals surface area contributed by atoms with Crippen LogP contribution in [0.2, 0.25) is 0 Å². The molecule has 0 aromatic carbocycles. The van der Waals surface area contributed by atoms with E-state index in [2.05, 4.69) is 69.2 Å². The molecule has 0 aliphatic heterocycles. The molecule has 0 aromatic rings. The van der Waals surface area contributed by atoms with E-state index in [0.29, 0.717) is 0 Å². The summed E-state index contributed by atoms with van der Waals surface area (Å²) in [5, 5.41) is 0. The molecular formula is C34H96. The van der Waals surface area contributed by atoms with Gasteiger partial charge in [-0.15, -0.1) is 0 Å². The van der Waals surface area contributed by atoms with Crippen LogP contribution in [0.15, 0.2) is 0 Å². The fourth-order valence-electron chi connectivity index (χ4n) is 3.51. The van der Waals surface area contributed by atoms with Gasteiger partial charge in [-0.05, 0) is 61.2 Å². The van der Waals surface area contributed by atoms with Gasteiger partial charge in [0.1, 0.15) is 0 Å². The summed E-state index contributed by atoms with van der Waals surface area (Å²) in [6, 6.07) is 0. The van der Waals surface area contributed by atoms with Crippen molar-refractivity contribution in [1.29, 1.82) is 0 Å². The van der Waals surface area contributed by atoms with Gasteiger partial charge in [0, 0.05) is 0 Å². The second-order valence-corrected chi connectivity index (χ2v) is 8.97. The van der Waals surface area contributed by atoms with E-state index in [1.807, 2.05) is 0 Å². The maximum atomic E-state index is 2.38. The molecule has 0 aromatic heterocycles. The summed E-state index contributed by atoms with van der Waals surface area (Å²) >= 11 is 0. The monoisotopic (exact) mass is 505 g/mol. The lowest BCUT2D eigenvalue weighted by molar-refractivity contribution is 0.349. The average molecular weight is 505 g/mol. The minimum absolute atomic E-state index is 0. The van der Waals surface area contributed by atoms with Crippen LogP contribution in [0.25, 0.3) is 0 Å². The Morgan fingerprint density at radius 3 is 0.588 bits per heavy atom. The summed E-state index contributed by atoms with van der Waals surface area (Å²) in [6.45, 7) is 23.3. The first-order valence-corrected chi connectivity index (χ1v) is 10.1. The van der Waals surface area contributed by atoms with Crippen molar-refractivity contribution in [3.8, 4) is 0 Å². The zero-order chi connectivity index (χ0) is 17.7. The van der Waals surface area contributed by atoms with Gasteiger partial charge in [0.15, 0.2) is 0 Å². The van der Waals surface area contributed by atoms with E-state index in [1.54, 1.807) is 0 Å². The van der Waals surface area contributed by atoms with Gasteiger partial charge >= 0.3 is 0 Å². The first-order valence-electron chi connectivity index (χ1n) is 10.1. The van der Waals surface area contributed by atoms with E-state index < -0.39 is 0 Å². The summed E-state index contributed by atoms with van der Waals surface area (Å²) in [7, 11) is 0. The Bertz CT molecular complexity index is 192. The Kier molecular flexibility index (Phi) is 160. The first kappa shape index (κ1) is 92.6. The lowest BCUT2D eigenvalue weighted by Gasteiger charge is -2.17. The molecule has 34 heavy (non-hydrogen) atoms. The predicted molar refractivity (Wildman–Crippen MR) is 186 cm³/mol. The van der Waals surface area contributed by atoms with E-state index in [0.717, 1.165) is 35.5 Å². The van der Waals surface area contributed by atoms with E-state index in [4.69, 9.17) is 0 Å². The van der Waals surface area contributed by atoms with Crippen LogP contribution in [-0.2, 0) is 0 Å². The van der Waals surface area contributed by atoms with Gasteiger partial charge in [-0.3, -0.25) is 0 Å². The number of hydrogen-bond donors (Lipinski definition) is 0. The van der Waals surface area contributed by atoms with Crippen LogP contribution in [-0.4, -0.2) is 0 Å². The molecule has 0 saturated heterocycles. The highest BCUT2D eigenvalue weighted by Gasteiger charge is 2.09. The van der Waals surface area contributed by atoms with E-state index in [-0.39, 0.29) is 89.1 Å². The summed E-state index contributed by atoms with van der Waals surface area (Å²) in [5.74, 6) is 5.42. The molecule has 0 rings (SSSR count). The first-order chi connectivity index (χ1) is 10.1. The number of hydrogen-bond acceptors (Lipinski definition) is 0. The molecular weight excluding hydrogens is 408 g/mol. The van der Waals surface area contributed by atoms with Gasteiger partial charge in [0.2, 0.25) is 0 Å². The van der Waals surface area contributed by atoms with Crippen molar-refractivity contribution in [2.75, 3.05) is 0 Å². The van der Waals surface area contributed by atoms with Gasteiger partial charge in [-0.2, -0.15) is 0 Å². The van der Waals surface area contributed by atoms with Crippen LogP contribution in [0.1, 0.15) is 197 Å². The van der Waals surface area contributed by atoms with Gasteiger partial charge < -0.3 is 0 Å². The molecule has 0 heterocycles. The molecule has 0 N–H and O–H groups in total. The highest BCUT2D eigenvalue weighted by Crippen LogP contribution is 2.21. The maximum absolute atomic E-state index is 2.38. The van der Waals surface area contributed by atoms with Crippen LogP contribution >= 0.6 is 0 Å². The van der Waals surface area contributed by atoms with E-state index in [1.165, 1.54) is 38.5 Å². The molecule has 0 radical (unpaired) electrons. The Hall–Kier alpha value is 0. The topological polar surface area (TPSA) is 0 Å². The Balaban J connectivity index is -0.0000000145. The highest BCUT2D eigenvalue weighted by molar-refractivity contribution is 4.61. The summed E-state index contributed by atoms with van der Waals surface area (Å²) in [4.78, 5) is 0.